The summed E-state index contributed by atoms with van der Waals surface area (Å²) in [5, 5.41) is 4.27. The van der Waals surface area contributed by atoms with E-state index >= 15 is 0 Å². The molecule has 0 bridgehead atoms. The first-order valence-electron chi connectivity index (χ1n) is 6.66. The average molecular weight is 273 g/mol. The van der Waals surface area contributed by atoms with Crippen LogP contribution in [0.15, 0.2) is 35.1 Å². The minimum absolute atomic E-state index is 0.158. The summed E-state index contributed by atoms with van der Waals surface area (Å²) in [5.41, 5.74) is 7.62. The molecule has 0 amide bonds. The molecule has 20 heavy (non-hydrogen) atoms. The van der Waals surface area contributed by atoms with Gasteiger partial charge >= 0.3 is 0 Å². The molecule has 0 unspecified atom stereocenters. The number of benzene rings is 1. The number of hydrogen-bond donors (Lipinski definition) is 1. The van der Waals surface area contributed by atoms with E-state index in [4.69, 9.17) is 10.5 Å². The molecule has 0 saturated heterocycles. The molecule has 0 spiro atoms. The molecule has 2 N–H and O–H groups in total. The van der Waals surface area contributed by atoms with Crippen LogP contribution in [0.4, 0.5) is 0 Å². The lowest BCUT2D eigenvalue weighted by Gasteiger charge is -2.09. The van der Waals surface area contributed by atoms with E-state index in [2.05, 4.69) is 12.0 Å². The molecule has 1 aromatic heterocycles. The predicted molar refractivity (Wildman–Crippen MR) is 78.6 cm³/mol. The van der Waals surface area contributed by atoms with Gasteiger partial charge in [0.15, 0.2) is 0 Å². The highest BCUT2D eigenvalue weighted by Gasteiger charge is 2.07. The number of ether oxygens (including phenoxy) is 1. The SMILES string of the molecule is CCCOc1cccc(-c2cc(CN)c(=O)n(C)n2)c1. The molecule has 0 atom stereocenters. The Morgan fingerprint density at radius 3 is 2.85 bits per heavy atom. The lowest BCUT2D eigenvalue weighted by molar-refractivity contribution is 0.317. The van der Waals surface area contributed by atoms with Gasteiger partial charge in [0.2, 0.25) is 0 Å². The van der Waals surface area contributed by atoms with Crippen molar-refractivity contribution in [2.45, 2.75) is 19.9 Å². The van der Waals surface area contributed by atoms with Gasteiger partial charge < -0.3 is 10.5 Å². The Morgan fingerprint density at radius 2 is 2.15 bits per heavy atom. The number of nitrogens with two attached hydrogens (primary N) is 1. The molecule has 2 aromatic rings. The van der Waals surface area contributed by atoms with Crippen LogP contribution in [0.2, 0.25) is 0 Å². The van der Waals surface area contributed by atoms with E-state index in [0.717, 1.165) is 23.4 Å². The molecule has 0 saturated carbocycles. The third-order valence-corrected chi connectivity index (χ3v) is 2.96. The first kappa shape index (κ1) is 14.3. The normalized spacial score (nSPS) is 10.6. The lowest BCUT2D eigenvalue weighted by atomic mass is 10.1. The highest BCUT2D eigenvalue weighted by Crippen LogP contribution is 2.22. The molecule has 2 rings (SSSR count). The lowest BCUT2D eigenvalue weighted by Crippen LogP contribution is -2.25. The molecule has 1 aromatic carbocycles. The van der Waals surface area contributed by atoms with Crippen molar-refractivity contribution in [1.82, 2.24) is 9.78 Å². The van der Waals surface area contributed by atoms with Gasteiger partial charge in [-0.05, 0) is 24.6 Å². The Balaban J connectivity index is 2.41. The van der Waals surface area contributed by atoms with Gasteiger partial charge in [-0.2, -0.15) is 5.10 Å². The molecule has 106 valence electrons. The predicted octanol–water partition coefficient (Wildman–Crippen LogP) is 1.69. The van der Waals surface area contributed by atoms with Crippen molar-refractivity contribution < 1.29 is 4.74 Å². The van der Waals surface area contributed by atoms with Crippen molar-refractivity contribution in [1.29, 1.82) is 0 Å². The molecular weight excluding hydrogens is 254 g/mol. The van der Waals surface area contributed by atoms with Crippen molar-refractivity contribution in [3.05, 3.63) is 46.2 Å². The molecule has 1 heterocycles. The van der Waals surface area contributed by atoms with Crippen molar-refractivity contribution in [2.24, 2.45) is 12.8 Å². The van der Waals surface area contributed by atoms with E-state index in [1.54, 1.807) is 13.1 Å². The van der Waals surface area contributed by atoms with E-state index in [9.17, 15) is 4.79 Å². The van der Waals surface area contributed by atoms with Gasteiger partial charge in [-0.25, -0.2) is 4.68 Å². The molecule has 0 aliphatic heterocycles. The van der Waals surface area contributed by atoms with Crippen LogP contribution in [0.25, 0.3) is 11.3 Å². The third kappa shape index (κ3) is 3.05. The van der Waals surface area contributed by atoms with E-state index in [-0.39, 0.29) is 12.1 Å². The summed E-state index contributed by atoms with van der Waals surface area (Å²) >= 11 is 0. The summed E-state index contributed by atoms with van der Waals surface area (Å²) < 4.78 is 6.92. The Kier molecular flexibility index (Phi) is 4.53. The fourth-order valence-electron chi connectivity index (χ4n) is 1.92. The minimum atomic E-state index is -0.158. The number of hydrogen-bond acceptors (Lipinski definition) is 4. The first-order valence-corrected chi connectivity index (χ1v) is 6.66. The second kappa shape index (κ2) is 6.34. The quantitative estimate of drug-likeness (QED) is 0.900. The van der Waals surface area contributed by atoms with Gasteiger partial charge in [0, 0.05) is 24.7 Å². The monoisotopic (exact) mass is 273 g/mol. The summed E-state index contributed by atoms with van der Waals surface area (Å²) in [7, 11) is 1.63. The van der Waals surface area contributed by atoms with Crippen LogP contribution in [0, 0.1) is 0 Å². The number of rotatable bonds is 5. The van der Waals surface area contributed by atoms with Crippen LogP contribution < -0.4 is 16.0 Å². The topological polar surface area (TPSA) is 70.1 Å². The van der Waals surface area contributed by atoms with Crippen LogP contribution in [0.3, 0.4) is 0 Å². The van der Waals surface area contributed by atoms with E-state index in [1.165, 1.54) is 4.68 Å². The summed E-state index contributed by atoms with van der Waals surface area (Å²) in [5.74, 6) is 0.800. The minimum Gasteiger partial charge on any atom is -0.494 e. The van der Waals surface area contributed by atoms with E-state index < -0.39 is 0 Å². The smallest absolute Gasteiger partial charge is 0.271 e. The highest BCUT2D eigenvalue weighted by molar-refractivity contribution is 5.61. The van der Waals surface area contributed by atoms with Gasteiger partial charge in [-0.15, -0.1) is 0 Å². The molecule has 5 nitrogen and oxygen atoms in total. The van der Waals surface area contributed by atoms with Crippen molar-refractivity contribution in [3.63, 3.8) is 0 Å². The Labute approximate surface area is 118 Å². The molecule has 0 aliphatic rings. The van der Waals surface area contributed by atoms with E-state index in [0.29, 0.717) is 12.2 Å². The molecular formula is C15H19N3O2. The second-order valence-electron chi connectivity index (χ2n) is 4.56. The summed E-state index contributed by atoms with van der Waals surface area (Å²) in [4.78, 5) is 11.8. The fourth-order valence-corrected chi connectivity index (χ4v) is 1.92. The number of nitrogens with zero attached hydrogens (tertiary/aromatic N) is 2. The third-order valence-electron chi connectivity index (χ3n) is 2.96. The van der Waals surface area contributed by atoms with Gasteiger partial charge in [0.25, 0.3) is 5.56 Å². The van der Waals surface area contributed by atoms with Crippen LogP contribution in [0.1, 0.15) is 18.9 Å². The van der Waals surface area contributed by atoms with Crippen molar-refractivity contribution in [3.8, 4) is 17.0 Å². The van der Waals surface area contributed by atoms with Gasteiger partial charge in [-0.1, -0.05) is 19.1 Å². The summed E-state index contributed by atoms with van der Waals surface area (Å²) in [6.07, 6.45) is 0.958. The number of aromatic nitrogens is 2. The molecule has 0 fully saturated rings. The summed E-state index contributed by atoms with van der Waals surface area (Å²) in [6, 6.07) is 9.41. The Hall–Kier alpha value is -2.14. The van der Waals surface area contributed by atoms with Crippen molar-refractivity contribution >= 4 is 0 Å². The van der Waals surface area contributed by atoms with Crippen LogP contribution in [0.5, 0.6) is 5.75 Å². The van der Waals surface area contributed by atoms with Gasteiger partial charge in [-0.3, -0.25) is 4.79 Å². The standard InChI is InChI=1S/C15H19N3O2/c1-3-7-20-13-6-4-5-11(8-13)14-9-12(10-16)15(19)18(2)17-14/h4-6,8-9H,3,7,10,16H2,1-2H3. The maximum Gasteiger partial charge on any atom is 0.271 e. The second-order valence-corrected chi connectivity index (χ2v) is 4.56. The zero-order chi connectivity index (χ0) is 14.5. The largest absolute Gasteiger partial charge is 0.494 e. The van der Waals surface area contributed by atoms with Crippen LogP contribution in [-0.4, -0.2) is 16.4 Å². The van der Waals surface area contributed by atoms with E-state index in [1.807, 2.05) is 24.3 Å². The van der Waals surface area contributed by atoms with Crippen LogP contribution >= 0.6 is 0 Å². The Bertz CT molecular complexity index is 650. The summed E-state index contributed by atoms with van der Waals surface area (Å²) in [6.45, 7) is 2.94. The first-order chi connectivity index (χ1) is 9.65. The average Bonchev–Trinajstić information content (AvgIpc) is 2.48. The fraction of sp³-hybridized carbons (Fsp3) is 0.333. The van der Waals surface area contributed by atoms with Gasteiger partial charge in [0.1, 0.15) is 5.75 Å². The molecule has 5 heteroatoms. The molecule has 0 aliphatic carbocycles. The van der Waals surface area contributed by atoms with Gasteiger partial charge in [0.05, 0.1) is 12.3 Å². The molecule has 0 radical (unpaired) electrons. The van der Waals surface area contributed by atoms with Crippen LogP contribution in [-0.2, 0) is 13.6 Å². The van der Waals surface area contributed by atoms with Crippen molar-refractivity contribution in [2.75, 3.05) is 6.61 Å². The highest BCUT2D eigenvalue weighted by atomic mass is 16.5. The maximum atomic E-state index is 11.8. The number of aryl methyl sites for hydroxylation is 1. The zero-order valence-electron chi connectivity index (χ0n) is 11.8. The Morgan fingerprint density at radius 1 is 1.35 bits per heavy atom. The zero-order valence-corrected chi connectivity index (χ0v) is 11.8. The maximum absolute atomic E-state index is 11.8.